The number of esters is 1. The minimum atomic E-state index is -0.203. The SMILES string of the molecule is CCOC(=O)CCNCc1c(Cl)cccc1Cl.Cl. The summed E-state index contributed by atoms with van der Waals surface area (Å²) in [7, 11) is 0. The molecule has 1 aromatic rings. The zero-order valence-electron chi connectivity index (χ0n) is 10.0. The normalized spacial score (nSPS) is 9.72. The topological polar surface area (TPSA) is 38.3 Å². The van der Waals surface area contributed by atoms with E-state index in [4.69, 9.17) is 27.9 Å². The molecule has 0 spiro atoms. The second kappa shape index (κ2) is 9.45. The van der Waals surface area contributed by atoms with Crippen molar-refractivity contribution in [3.05, 3.63) is 33.8 Å². The molecule has 18 heavy (non-hydrogen) atoms. The van der Waals surface area contributed by atoms with Crippen LogP contribution in [0.4, 0.5) is 0 Å². The van der Waals surface area contributed by atoms with Gasteiger partial charge in [0.2, 0.25) is 0 Å². The maximum absolute atomic E-state index is 11.1. The second-order valence-electron chi connectivity index (χ2n) is 3.43. The highest BCUT2D eigenvalue weighted by Gasteiger charge is 2.05. The average molecular weight is 313 g/mol. The molecule has 0 atom stereocenters. The fourth-order valence-electron chi connectivity index (χ4n) is 1.34. The van der Waals surface area contributed by atoms with Crippen LogP contribution in [0, 0.1) is 0 Å². The summed E-state index contributed by atoms with van der Waals surface area (Å²) in [5.74, 6) is -0.203. The molecule has 0 saturated carbocycles. The Balaban J connectivity index is 0.00000289. The number of nitrogens with one attached hydrogen (secondary N) is 1. The maximum atomic E-state index is 11.1. The van der Waals surface area contributed by atoms with Crippen molar-refractivity contribution in [2.45, 2.75) is 19.9 Å². The van der Waals surface area contributed by atoms with E-state index in [9.17, 15) is 4.79 Å². The zero-order chi connectivity index (χ0) is 12.7. The molecule has 0 fully saturated rings. The Kier molecular flexibility index (Phi) is 9.20. The monoisotopic (exact) mass is 311 g/mol. The molecule has 1 rings (SSSR count). The van der Waals surface area contributed by atoms with Gasteiger partial charge < -0.3 is 10.1 Å². The van der Waals surface area contributed by atoms with Crippen molar-refractivity contribution in [3.8, 4) is 0 Å². The summed E-state index contributed by atoms with van der Waals surface area (Å²) in [6, 6.07) is 5.37. The van der Waals surface area contributed by atoms with Crippen LogP contribution in [0.1, 0.15) is 18.9 Å². The first-order valence-corrected chi connectivity index (χ1v) is 6.20. The van der Waals surface area contributed by atoms with Crippen LogP contribution < -0.4 is 5.32 Å². The third-order valence-electron chi connectivity index (χ3n) is 2.17. The van der Waals surface area contributed by atoms with Crippen LogP contribution in [0.2, 0.25) is 10.0 Å². The van der Waals surface area contributed by atoms with Crippen LogP contribution in [0.3, 0.4) is 0 Å². The first-order valence-electron chi connectivity index (χ1n) is 5.44. The minimum Gasteiger partial charge on any atom is -0.466 e. The first-order chi connectivity index (χ1) is 8.15. The lowest BCUT2D eigenvalue weighted by Crippen LogP contribution is -2.19. The Labute approximate surface area is 123 Å². The molecule has 0 aliphatic heterocycles. The van der Waals surface area contributed by atoms with Gasteiger partial charge in [-0.3, -0.25) is 4.79 Å². The van der Waals surface area contributed by atoms with Gasteiger partial charge in [-0.25, -0.2) is 0 Å². The molecular weight excluding hydrogens is 296 g/mol. The number of rotatable bonds is 6. The fourth-order valence-corrected chi connectivity index (χ4v) is 1.87. The molecule has 3 nitrogen and oxygen atoms in total. The van der Waals surface area contributed by atoms with Gasteiger partial charge in [0, 0.05) is 28.7 Å². The molecular formula is C12H16Cl3NO2. The zero-order valence-corrected chi connectivity index (χ0v) is 12.4. The molecule has 0 amide bonds. The Bertz CT molecular complexity index is 365. The predicted octanol–water partition coefficient (Wildman–Crippen LogP) is 3.46. The van der Waals surface area contributed by atoms with Gasteiger partial charge in [0.1, 0.15) is 0 Å². The number of hydrogen-bond donors (Lipinski definition) is 1. The molecule has 0 radical (unpaired) electrons. The van der Waals surface area contributed by atoms with Gasteiger partial charge in [-0.15, -0.1) is 12.4 Å². The lowest BCUT2D eigenvalue weighted by molar-refractivity contribution is -0.142. The van der Waals surface area contributed by atoms with Crippen molar-refractivity contribution in [3.63, 3.8) is 0 Å². The summed E-state index contributed by atoms with van der Waals surface area (Å²) in [5, 5.41) is 4.36. The molecule has 0 aromatic heterocycles. The number of ether oxygens (including phenoxy) is 1. The van der Waals surface area contributed by atoms with E-state index in [0.29, 0.717) is 36.2 Å². The molecule has 1 N–H and O–H groups in total. The van der Waals surface area contributed by atoms with Gasteiger partial charge in [0.15, 0.2) is 0 Å². The lowest BCUT2D eigenvalue weighted by Gasteiger charge is -2.08. The molecule has 0 saturated heterocycles. The van der Waals surface area contributed by atoms with E-state index in [2.05, 4.69) is 5.32 Å². The molecule has 0 aliphatic rings. The average Bonchev–Trinajstić information content (AvgIpc) is 2.28. The molecule has 0 bridgehead atoms. The summed E-state index contributed by atoms with van der Waals surface area (Å²) in [4.78, 5) is 11.1. The van der Waals surface area contributed by atoms with Crippen LogP contribution in [0.15, 0.2) is 18.2 Å². The highest BCUT2D eigenvalue weighted by molar-refractivity contribution is 6.35. The molecule has 102 valence electrons. The van der Waals surface area contributed by atoms with E-state index >= 15 is 0 Å². The van der Waals surface area contributed by atoms with E-state index in [0.717, 1.165) is 5.56 Å². The van der Waals surface area contributed by atoms with E-state index in [1.807, 2.05) is 0 Å². The summed E-state index contributed by atoms with van der Waals surface area (Å²) in [5.41, 5.74) is 0.847. The highest BCUT2D eigenvalue weighted by Crippen LogP contribution is 2.23. The Morgan fingerprint density at radius 1 is 1.33 bits per heavy atom. The summed E-state index contributed by atoms with van der Waals surface area (Å²) in [6.07, 6.45) is 0.343. The van der Waals surface area contributed by atoms with Gasteiger partial charge in [0.05, 0.1) is 13.0 Å². The third-order valence-corrected chi connectivity index (χ3v) is 2.88. The molecule has 0 unspecified atom stereocenters. The van der Waals surface area contributed by atoms with Crippen molar-refractivity contribution in [2.75, 3.05) is 13.2 Å². The van der Waals surface area contributed by atoms with E-state index < -0.39 is 0 Å². The van der Waals surface area contributed by atoms with E-state index in [1.54, 1.807) is 25.1 Å². The summed E-state index contributed by atoms with van der Waals surface area (Å²) >= 11 is 12.0. The molecule has 0 aliphatic carbocycles. The molecule has 6 heteroatoms. The van der Waals surface area contributed by atoms with Crippen molar-refractivity contribution in [2.24, 2.45) is 0 Å². The predicted molar refractivity (Wildman–Crippen MR) is 76.7 cm³/mol. The van der Waals surface area contributed by atoms with Crippen LogP contribution in [-0.4, -0.2) is 19.1 Å². The molecule has 1 aromatic carbocycles. The van der Waals surface area contributed by atoms with Gasteiger partial charge in [-0.1, -0.05) is 29.3 Å². The van der Waals surface area contributed by atoms with Crippen LogP contribution in [0.5, 0.6) is 0 Å². The minimum absolute atomic E-state index is 0. The van der Waals surface area contributed by atoms with E-state index in [-0.39, 0.29) is 18.4 Å². The van der Waals surface area contributed by atoms with Crippen molar-refractivity contribution >= 4 is 41.6 Å². The third kappa shape index (κ3) is 5.91. The smallest absolute Gasteiger partial charge is 0.307 e. The number of carbonyl (C=O) groups is 1. The van der Waals surface area contributed by atoms with Crippen molar-refractivity contribution in [1.82, 2.24) is 5.32 Å². The fraction of sp³-hybridized carbons (Fsp3) is 0.417. The number of hydrogen-bond acceptors (Lipinski definition) is 3. The van der Waals surface area contributed by atoms with Crippen LogP contribution in [-0.2, 0) is 16.1 Å². The van der Waals surface area contributed by atoms with Crippen LogP contribution >= 0.6 is 35.6 Å². The summed E-state index contributed by atoms with van der Waals surface area (Å²) < 4.78 is 4.81. The van der Waals surface area contributed by atoms with Gasteiger partial charge >= 0.3 is 5.97 Å². The van der Waals surface area contributed by atoms with Gasteiger partial charge in [-0.2, -0.15) is 0 Å². The quantitative estimate of drug-likeness (QED) is 0.646. The number of benzene rings is 1. The standard InChI is InChI=1S/C12H15Cl2NO2.ClH/c1-2-17-12(16)6-7-15-8-9-10(13)4-3-5-11(9)14;/h3-5,15H,2,6-8H2,1H3;1H. The highest BCUT2D eigenvalue weighted by atomic mass is 35.5. The summed E-state index contributed by atoms with van der Waals surface area (Å²) in [6.45, 7) is 3.28. The molecule has 0 heterocycles. The van der Waals surface area contributed by atoms with Gasteiger partial charge in [0.25, 0.3) is 0 Å². The van der Waals surface area contributed by atoms with Crippen molar-refractivity contribution in [1.29, 1.82) is 0 Å². The Hall–Kier alpha value is -0.480. The Morgan fingerprint density at radius 2 is 1.94 bits per heavy atom. The largest absolute Gasteiger partial charge is 0.466 e. The van der Waals surface area contributed by atoms with E-state index in [1.165, 1.54) is 0 Å². The van der Waals surface area contributed by atoms with Crippen LogP contribution in [0.25, 0.3) is 0 Å². The lowest BCUT2D eigenvalue weighted by atomic mass is 10.2. The second-order valence-corrected chi connectivity index (χ2v) is 4.25. The number of carbonyl (C=O) groups excluding carboxylic acids is 1. The Morgan fingerprint density at radius 3 is 2.50 bits per heavy atom. The first kappa shape index (κ1) is 17.5. The number of halogens is 3. The van der Waals surface area contributed by atoms with Crippen molar-refractivity contribution < 1.29 is 9.53 Å². The van der Waals surface area contributed by atoms with Gasteiger partial charge in [-0.05, 0) is 19.1 Å². The maximum Gasteiger partial charge on any atom is 0.307 e.